The van der Waals surface area contributed by atoms with Gasteiger partial charge in [-0.1, -0.05) is 0 Å². The quantitative estimate of drug-likeness (QED) is 0.543. The van der Waals surface area contributed by atoms with Crippen molar-refractivity contribution in [2.75, 3.05) is 13.2 Å². The van der Waals surface area contributed by atoms with E-state index in [9.17, 15) is 14.4 Å². The van der Waals surface area contributed by atoms with Gasteiger partial charge in [-0.3, -0.25) is 14.4 Å². The van der Waals surface area contributed by atoms with Crippen LogP contribution in [-0.4, -0.2) is 31.1 Å². The van der Waals surface area contributed by atoms with E-state index in [4.69, 9.17) is 9.47 Å². The van der Waals surface area contributed by atoms with Gasteiger partial charge in [0.15, 0.2) is 0 Å². The third-order valence-corrected chi connectivity index (χ3v) is 4.36. The van der Waals surface area contributed by atoms with Gasteiger partial charge in [-0.15, -0.1) is 11.3 Å². The van der Waals surface area contributed by atoms with Crippen molar-refractivity contribution >= 4 is 45.1 Å². The first-order chi connectivity index (χ1) is 10.5. The van der Waals surface area contributed by atoms with E-state index in [1.165, 1.54) is 11.3 Å². The summed E-state index contributed by atoms with van der Waals surface area (Å²) >= 11 is 4.74. The molecule has 1 aromatic heterocycles. The maximum Gasteiger partial charge on any atom is 0.315 e. The number of amides is 1. The standard InChI is InChI=1S/C14H18BrNO5S/c1-3-20-13(18)6-10(11-5-9(15)8-22-11)16-12(17)7-14(19)21-4-2/h5,8,10H,3-4,6-7H2,1-2H3,(H,16,17). The van der Waals surface area contributed by atoms with Crippen LogP contribution in [0.3, 0.4) is 0 Å². The van der Waals surface area contributed by atoms with E-state index in [0.29, 0.717) is 0 Å². The lowest BCUT2D eigenvalue weighted by molar-refractivity contribution is -0.146. The molecule has 0 aliphatic carbocycles. The predicted molar refractivity (Wildman–Crippen MR) is 85.4 cm³/mol. The number of carbonyl (C=O) groups excluding carboxylic acids is 3. The van der Waals surface area contributed by atoms with E-state index in [1.807, 2.05) is 11.4 Å². The van der Waals surface area contributed by atoms with Crippen molar-refractivity contribution in [3.63, 3.8) is 0 Å². The Labute approximate surface area is 141 Å². The molecule has 1 aromatic rings. The summed E-state index contributed by atoms with van der Waals surface area (Å²) in [5.41, 5.74) is 0. The number of thiophene rings is 1. The van der Waals surface area contributed by atoms with Crippen LogP contribution in [0.1, 0.15) is 37.6 Å². The smallest absolute Gasteiger partial charge is 0.315 e. The maximum absolute atomic E-state index is 11.9. The molecule has 8 heteroatoms. The Morgan fingerprint density at radius 2 is 1.86 bits per heavy atom. The molecule has 1 N–H and O–H groups in total. The Morgan fingerprint density at radius 3 is 2.41 bits per heavy atom. The van der Waals surface area contributed by atoms with Crippen molar-refractivity contribution < 1.29 is 23.9 Å². The third-order valence-electron chi connectivity index (χ3n) is 2.55. The van der Waals surface area contributed by atoms with E-state index in [2.05, 4.69) is 21.2 Å². The number of esters is 2. The first-order valence-electron chi connectivity index (χ1n) is 6.80. The SMILES string of the molecule is CCOC(=O)CC(=O)NC(CC(=O)OCC)c1cc(Br)cs1. The highest BCUT2D eigenvalue weighted by molar-refractivity contribution is 9.10. The van der Waals surface area contributed by atoms with E-state index < -0.39 is 23.9 Å². The number of carbonyl (C=O) groups is 3. The highest BCUT2D eigenvalue weighted by Crippen LogP contribution is 2.28. The van der Waals surface area contributed by atoms with Crippen molar-refractivity contribution in [2.24, 2.45) is 0 Å². The molecule has 1 rings (SSSR count). The molecule has 22 heavy (non-hydrogen) atoms. The van der Waals surface area contributed by atoms with E-state index in [1.54, 1.807) is 13.8 Å². The molecular formula is C14H18BrNO5S. The first-order valence-corrected chi connectivity index (χ1v) is 8.48. The van der Waals surface area contributed by atoms with E-state index >= 15 is 0 Å². The van der Waals surface area contributed by atoms with Crippen LogP contribution < -0.4 is 5.32 Å². The topological polar surface area (TPSA) is 81.7 Å². The summed E-state index contributed by atoms with van der Waals surface area (Å²) in [5.74, 6) is -1.49. The Morgan fingerprint density at radius 1 is 1.23 bits per heavy atom. The van der Waals surface area contributed by atoms with Gasteiger partial charge < -0.3 is 14.8 Å². The van der Waals surface area contributed by atoms with Crippen molar-refractivity contribution in [2.45, 2.75) is 32.7 Å². The minimum absolute atomic E-state index is 0.00928. The Kier molecular flexibility index (Phi) is 8.11. The zero-order chi connectivity index (χ0) is 16.5. The number of ether oxygens (including phenoxy) is 2. The van der Waals surface area contributed by atoms with Crippen LogP contribution >= 0.6 is 27.3 Å². The monoisotopic (exact) mass is 391 g/mol. The molecule has 1 heterocycles. The van der Waals surface area contributed by atoms with Crippen molar-refractivity contribution in [3.05, 3.63) is 20.8 Å². The number of hydrogen-bond donors (Lipinski definition) is 1. The summed E-state index contributed by atoms with van der Waals surface area (Å²) in [6.07, 6.45) is -0.366. The molecule has 0 aliphatic heterocycles. The van der Waals surface area contributed by atoms with Gasteiger partial charge in [-0.25, -0.2) is 0 Å². The molecule has 0 bridgehead atoms. The number of hydrogen-bond acceptors (Lipinski definition) is 6. The summed E-state index contributed by atoms with van der Waals surface area (Å²) in [6.45, 7) is 3.88. The normalized spacial score (nSPS) is 11.6. The fourth-order valence-electron chi connectivity index (χ4n) is 1.71. The molecule has 122 valence electrons. The highest BCUT2D eigenvalue weighted by Gasteiger charge is 2.22. The van der Waals surface area contributed by atoms with Crippen molar-refractivity contribution in [3.8, 4) is 0 Å². The van der Waals surface area contributed by atoms with Gasteiger partial charge in [0, 0.05) is 14.7 Å². The van der Waals surface area contributed by atoms with Crippen LogP contribution in [0.25, 0.3) is 0 Å². The molecular weight excluding hydrogens is 374 g/mol. The minimum Gasteiger partial charge on any atom is -0.466 e. The highest BCUT2D eigenvalue weighted by atomic mass is 79.9. The van der Waals surface area contributed by atoms with E-state index in [0.717, 1.165) is 9.35 Å². The van der Waals surface area contributed by atoms with Crippen LogP contribution in [0, 0.1) is 0 Å². The second-order valence-electron chi connectivity index (χ2n) is 4.28. The second kappa shape index (κ2) is 9.58. The van der Waals surface area contributed by atoms with Gasteiger partial charge in [-0.2, -0.15) is 0 Å². The molecule has 1 amide bonds. The van der Waals surface area contributed by atoms with Gasteiger partial charge >= 0.3 is 11.9 Å². The van der Waals surface area contributed by atoms with Crippen LogP contribution in [0.2, 0.25) is 0 Å². The van der Waals surface area contributed by atoms with Gasteiger partial charge in [0.25, 0.3) is 0 Å². The minimum atomic E-state index is -0.595. The van der Waals surface area contributed by atoms with Crippen LogP contribution in [0.4, 0.5) is 0 Å². The Balaban J connectivity index is 2.71. The largest absolute Gasteiger partial charge is 0.466 e. The van der Waals surface area contributed by atoms with Crippen LogP contribution in [0.5, 0.6) is 0 Å². The molecule has 0 saturated carbocycles. The molecule has 0 aromatic carbocycles. The van der Waals surface area contributed by atoms with Gasteiger partial charge in [0.2, 0.25) is 5.91 Å². The molecule has 0 saturated heterocycles. The van der Waals surface area contributed by atoms with Gasteiger partial charge in [0.1, 0.15) is 6.42 Å². The van der Waals surface area contributed by atoms with Gasteiger partial charge in [0.05, 0.1) is 25.7 Å². The fourth-order valence-corrected chi connectivity index (χ4v) is 3.21. The lowest BCUT2D eigenvalue weighted by Gasteiger charge is -2.16. The number of rotatable bonds is 8. The lowest BCUT2D eigenvalue weighted by atomic mass is 10.1. The van der Waals surface area contributed by atoms with Crippen molar-refractivity contribution in [1.29, 1.82) is 0 Å². The first kappa shape index (κ1) is 18.6. The zero-order valence-corrected chi connectivity index (χ0v) is 14.8. The fraction of sp³-hybridized carbons (Fsp3) is 0.500. The Hall–Kier alpha value is -1.41. The van der Waals surface area contributed by atoms with Crippen LogP contribution in [-0.2, 0) is 23.9 Å². The molecule has 0 radical (unpaired) electrons. The second-order valence-corrected chi connectivity index (χ2v) is 6.14. The van der Waals surface area contributed by atoms with Crippen LogP contribution in [0.15, 0.2) is 15.9 Å². The zero-order valence-electron chi connectivity index (χ0n) is 12.4. The molecule has 1 atom stereocenters. The Bertz CT molecular complexity index is 531. The lowest BCUT2D eigenvalue weighted by Crippen LogP contribution is -2.32. The summed E-state index contributed by atoms with van der Waals surface area (Å²) in [4.78, 5) is 35.7. The molecule has 0 aliphatic rings. The average molecular weight is 392 g/mol. The maximum atomic E-state index is 11.9. The summed E-state index contributed by atoms with van der Waals surface area (Å²) in [6, 6.07) is 1.29. The van der Waals surface area contributed by atoms with Gasteiger partial charge in [-0.05, 0) is 35.8 Å². The molecule has 6 nitrogen and oxygen atoms in total. The summed E-state index contributed by atoms with van der Waals surface area (Å²) < 4.78 is 10.5. The predicted octanol–water partition coefficient (Wildman–Crippen LogP) is 2.57. The molecule has 0 fully saturated rings. The molecule has 0 spiro atoms. The third kappa shape index (κ3) is 6.57. The number of halogens is 1. The van der Waals surface area contributed by atoms with Crippen molar-refractivity contribution in [1.82, 2.24) is 5.32 Å². The number of nitrogens with one attached hydrogen (secondary N) is 1. The summed E-state index contributed by atoms with van der Waals surface area (Å²) in [7, 11) is 0. The average Bonchev–Trinajstić information content (AvgIpc) is 2.85. The summed E-state index contributed by atoms with van der Waals surface area (Å²) in [5, 5.41) is 4.53. The molecule has 1 unspecified atom stereocenters. The van der Waals surface area contributed by atoms with E-state index in [-0.39, 0.29) is 26.1 Å².